The number of methoxy groups -OCH3 is 1. The van der Waals surface area contributed by atoms with E-state index in [1.165, 1.54) is 13.3 Å². The zero-order valence-electron chi connectivity index (χ0n) is 16.7. The molecule has 1 unspecified atom stereocenters. The molecule has 0 saturated carbocycles. The van der Waals surface area contributed by atoms with E-state index in [9.17, 15) is 9.59 Å². The van der Waals surface area contributed by atoms with Gasteiger partial charge in [0.2, 0.25) is 5.91 Å². The van der Waals surface area contributed by atoms with Gasteiger partial charge in [0.1, 0.15) is 5.82 Å². The summed E-state index contributed by atoms with van der Waals surface area (Å²) >= 11 is 0. The van der Waals surface area contributed by atoms with Crippen molar-refractivity contribution in [2.24, 2.45) is 5.41 Å². The minimum Gasteiger partial charge on any atom is -0.464 e. The lowest BCUT2D eigenvalue weighted by molar-refractivity contribution is -0.138. The number of hydrogen-bond acceptors (Lipinski definition) is 6. The number of carbonyl (C=O) groups excluding carboxylic acids is 2. The number of aromatic nitrogens is 2. The molecular weight excluding hydrogens is 368 g/mol. The number of likely N-dealkylation sites (tertiary alicyclic amines) is 1. The van der Waals surface area contributed by atoms with Crippen LogP contribution in [0.5, 0.6) is 0 Å². The van der Waals surface area contributed by atoms with Crippen LogP contribution in [0, 0.1) is 5.41 Å². The number of esters is 1. The van der Waals surface area contributed by atoms with E-state index in [2.05, 4.69) is 27.0 Å². The summed E-state index contributed by atoms with van der Waals surface area (Å²) in [6.07, 6.45) is 6.70. The molecule has 0 bridgehead atoms. The Hall–Kier alpha value is -2.96. The summed E-state index contributed by atoms with van der Waals surface area (Å²) in [5.41, 5.74) is 1.42. The molecule has 4 rings (SSSR count). The zero-order chi connectivity index (χ0) is 20.3. The third-order valence-electron chi connectivity index (χ3n) is 5.97. The molecule has 1 aromatic heterocycles. The summed E-state index contributed by atoms with van der Waals surface area (Å²) in [6.45, 7) is 3.08. The number of anilines is 1. The second-order valence-corrected chi connectivity index (χ2v) is 8.01. The minimum atomic E-state index is -0.483. The SMILES string of the molecule is COC(=O)c1cncc(N2CCCC3(CCC(=O)N(Cc4ccccc4)C3)C2)n1. The van der Waals surface area contributed by atoms with E-state index in [-0.39, 0.29) is 17.0 Å². The number of carbonyl (C=O) groups is 2. The normalized spacial score (nSPS) is 22.0. The molecule has 2 aromatic rings. The van der Waals surface area contributed by atoms with E-state index < -0.39 is 5.97 Å². The molecule has 0 N–H and O–H groups in total. The molecule has 2 aliphatic heterocycles. The van der Waals surface area contributed by atoms with Crippen molar-refractivity contribution >= 4 is 17.7 Å². The van der Waals surface area contributed by atoms with Gasteiger partial charge in [-0.15, -0.1) is 0 Å². The summed E-state index contributed by atoms with van der Waals surface area (Å²) in [7, 11) is 1.34. The number of ether oxygens (including phenoxy) is 1. The Kier molecular flexibility index (Phi) is 5.47. The van der Waals surface area contributed by atoms with Crippen LogP contribution in [0.3, 0.4) is 0 Å². The molecule has 152 valence electrons. The highest BCUT2D eigenvalue weighted by Gasteiger charge is 2.42. The molecular formula is C22H26N4O3. The number of rotatable bonds is 4. The summed E-state index contributed by atoms with van der Waals surface area (Å²) in [5.74, 6) is 0.436. The fourth-order valence-corrected chi connectivity index (χ4v) is 4.50. The van der Waals surface area contributed by atoms with Gasteiger partial charge < -0.3 is 14.5 Å². The van der Waals surface area contributed by atoms with Crippen molar-refractivity contribution in [3.05, 3.63) is 54.0 Å². The zero-order valence-corrected chi connectivity index (χ0v) is 16.7. The predicted octanol–water partition coefficient (Wildman–Crippen LogP) is 2.67. The van der Waals surface area contributed by atoms with E-state index in [0.29, 0.717) is 18.8 Å². The van der Waals surface area contributed by atoms with Crippen LogP contribution < -0.4 is 4.90 Å². The van der Waals surface area contributed by atoms with Crippen LogP contribution in [-0.4, -0.2) is 53.5 Å². The lowest BCUT2D eigenvalue weighted by Crippen LogP contribution is -2.54. The Morgan fingerprint density at radius 1 is 1.17 bits per heavy atom. The van der Waals surface area contributed by atoms with Gasteiger partial charge >= 0.3 is 5.97 Å². The van der Waals surface area contributed by atoms with Gasteiger partial charge in [-0.3, -0.25) is 9.78 Å². The maximum atomic E-state index is 12.6. The second kappa shape index (κ2) is 8.19. The van der Waals surface area contributed by atoms with Gasteiger partial charge in [-0.25, -0.2) is 9.78 Å². The standard InChI is InChI=1S/C22H26N4O3/c1-29-21(28)18-12-23-13-19(24-18)25-11-5-9-22(15-25)10-8-20(27)26(16-22)14-17-6-3-2-4-7-17/h2-4,6-7,12-13H,5,8-11,14-16H2,1H3. The van der Waals surface area contributed by atoms with Crippen LogP contribution in [0.15, 0.2) is 42.7 Å². The van der Waals surface area contributed by atoms with Gasteiger partial charge in [0, 0.05) is 38.0 Å². The Balaban J connectivity index is 1.51. The van der Waals surface area contributed by atoms with E-state index in [1.54, 1.807) is 6.20 Å². The summed E-state index contributed by atoms with van der Waals surface area (Å²) in [4.78, 5) is 37.2. The molecule has 2 aliphatic rings. The Bertz CT molecular complexity index is 889. The molecule has 1 amide bonds. The van der Waals surface area contributed by atoms with E-state index in [1.807, 2.05) is 23.1 Å². The monoisotopic (exact) mass is 394 g/mol. The summed E-state index contributed by atoms with van der Waals surface area (Å²) in [6, 6.07) is 10.1. The molecule has 7 nitrogen and oxygen atoms in total. The van der Waals surface area contributed by atoms with Crippen LogP contribution in [0.4, 0.5) is 5.82 Å². The lowest BCUT2D eigenvalue weighted by atomic mass is 9.73. The molecule has 1 aromatic carbocycles. The highest BCUT2D eigenvalue weighted by atomic mass is 16.5. The first-order valence-corrected chi connectivity index (χ1v) is 10.1. The highest BCUT2D eigenvalue weighted by Crippen LogP contribution is 2.40. The largest absolute Gasteiger partial charge is 0.464 e. The summed E-state index contributed by atoms with van der Waals surface area (Å²) in [5, 5.41) is 0. The molecule has 7 heteroatoms. The molecule has 1 atom stereocenters. The third kappa shape index (κ3) is 4.23. The van der Waals surface area contributed by atoms with Crippen molar-refractivity contribution in [3.8, 4) is 0 Å². The fraction of sp³-hybridized carbons (Fsp3) is 0.455. The Morgan fingerprint density at radius 3 is 2.79 bits per heavy atom. The summed E-state index contributed by atoms with van der Waals surface area (Å²) < 4.78 is 4.77. The van der Waals surface area contributed by atoms with Crippen molar-refractivity contribution in [3.63, 3.8) is 0 Å². The van der Waals surface area contributed by atoms with Crippen molar-refractivity contribution in [1.82, 2.24) is 14.9 Å². The van der Waals surface area contributed by atoms with Crippen LogP contribution in [0.2, 0.25) is 0 Å². The number of amides is 1. The first-order chi connectivity index (χ1) is 14.1. The minimum absolute atomic E-state index is 0.0455. The molecule has 3 heterocycles. The van der Waals surface area contributed by atoms with Gasteiger partial charge in [0.25, 0.3) is 0 Å². The van der Waals surface area contributed by atoms with Crippen molar-refractivity contribution < 1.29 is 14.3 Å². The maximum absolute atomic E-state index is 12.6. The van der Waals surface area contributed by atoms with Gasteiger partial charge in [-0.2, -0.15) is 0 Å². The predicted molar refractivity (Wildman–Crippen MR) is 108 cm³/mol. The van der Waals surface area contributed by atoms with Gasteiger partial charge in [0.05, 0.1) is 19.5 Å². The molecule has 2 fully saturated rings. The average molecular weight is 394 g/mol. The smallest absolute Gasteiger partial charge is 0.358 e. The van der Waals surface area contributed by atoms with Crippen LogP contribution in [-0.2, 0) is 16.1 Å². The quantitative estimate of drug-likeness (QED) is 0.742. The lowest BCUT2D eigenvalue weighted by Gasteiger charge is -2.48. The molecule has 29 heavy (non-hydrogen) atoms. The Labute approximate surface area is 170 Å². The first-order valence-electron chi connectivity index (χ1n) is 10.1. The second-order valence-electron chi connectivity index (χ2n) is 8.01. The Morgan fingerprint density at radius 2 is 2.00 bits per heavy atom. The number of nitrogens with zero attached hydrogens (tertiary/aromatic N) is 4. The van der Waals surface area contributed by atoms with E-state index in [4.69, 9.17) is 4.74 Å². The molecule has 2 saturated heterocycles. The van der Waals surface area contributed by atoms with Gasteiger partial charge in [0.15, 0.2) is 5.69 Å². The van der Waals surface area contributed by atoms with Gasteiger partial charge in [-0.05, 0) is 24.8 Å². The van der Waals surface area contributed by atoms with E-state index >= 15 is 0 Å². The van der Waals surface area contributed by atoms with Crippen molar-refractivity contribution in [1.29, 1.82) is 0 Å². The highest BCUT2D eigenvalue weighted by molar-refractivity contribution is 5.87. The van der Waals surface area contributed by atoms with E-state index in [0.717, 1.165) is 44.5 Å². The average Bonchev–Trinajstić information content (AvgIpc) is 2.77. The number of benzene rings is 1. The molecule has 0 aliphatic carbocycles. The van der Waals surface area contributed by atoms with Crippen molar-refractivity contribution in [2.75, 3.05) is 31.6 Å². The first kappa shape index (κ1) is 19.4. The molecule has 0 radical (unpaired) electrons. The topological polar surface area (TPSA) is 75.6 Å². The fourth-order valence-electron chi connectivity index (χ4n) is 4.50. The van der Waals surface area contributed by atoms with Gasteiger partial charge in [-0.1, -0.05) is 30.3 Å². The van der Waals surface area contributed by atoms with Crippen molar-refractivity contribution in [2.45, 2.75) is 32.2 Å². The third-order valence-corrected chi connectivity index (χ3v) is 5.97. The number of piperidine rings is 2. The van der Waals surface area contributed by atoms with Crippen LogP contribution >= 0.6 is 0 Å². The number of hydrogen-bond donors (Lipinski definition) is 0. The molecule has 1 spiro atoms. The van der Waals surface area contributed by atoms with Crippen LogP contribution in [0.1, 0.15) is 41.7 Å². The maximum Gasteiger partial charge on any atom is 0.358 e. The van der Waals surface area contributed by atoms with Crippen LogP contribution in [0.25, 0.3) is 0 Å².